The maximum Gasteiger partial charge on any atom is 0.150 e. The minimum atomic E-state index is 0.275. The van der Waals surface area contributed by atoms with Gasteiger partial charge in [0.25, 0.3) is 0 Å². The number of aldehydes is 1. The molecule has 0 saturated carbocycles. The van der Waals surface area contributed by atoms with Crippen molar-refractivity contribution in [1.29, 1.82) is 0 Å². The van der Waals surface area contributed by atoms with Crippen molar-refractivity contribution in [1.82, 2.24) is 9.97 Å². The number of furan rings is 1. The quantitative estimate of drug-likeness (QED) is 0.733. The number of rotatable bonds is 7. The molecule has 6 heteroatoms. The minimum Gasteiger partial charge on any atom is -0.468 e. The van der Waals surface area contributed by atoms with Gasteiger partial charge in [-0.15, -0.1) is 0 Å². The Morgan fingerprint density at radius 2 is 2.14 bits per heavy atom. The first-order valence-electron chi connectivity index (χ1n) is 6.95. The summed E-state index contributed by atoms with van der Waals surface area (Å²) in [7, 11) is 0. The molecule has 0 aromatic carbocycles. The van der Waals surface area contributed by atoms with Crippen molar-refractivity contribution in [2.45, 2.75) is 37.1 Å². The van der Waals surface area contributed by atoms with E-state index < -0.39 is 0 Å². The van der Waals surface area contributed by atoms with Crippen LogP contribution in [0.2, 0.25) is 0 Å². The van der Waals surface area contributed by atoms with Crippen LogP contribution >= 0.6 is 11.8 Å². The zero-order valence-corrected chi connectivity index (χ0v) is 13.3. The topological polar surface area (TPSA) is 59.2 Å². The molecular formula is C15H19N3O2S. The van der Waals surface area contributed by atoms with Crippen molar-refractivity contribution in [3.8, 4) is 0 Å². The van der Waals surface area contributed by atoms with E-state index in [0.29, 0.717) is 0 Å². The standard InChI is InChI=1S/C15H19N3O2S/c1-4-18(5-2)15-13(6-7-19)17-14(9-16-15)21-12-8-11(3)20-10-12/h7-10H,4-6H2,1-3H3. The van der Waals surface area contributed by atoms with Crippen molar-refractivity contribution in [3.05, 3.63) is 30.0 Å². The molecule has 0 aliphatic carbocycles. The monoisotopic (exact) mass is 305 g/mol. The molecule has 2 heterocycles. The summed E-state index contributed by atoms with van der Waals surface area (Å²) in [5.74, 6) is 1.65. The normalized spacial score (nSPS) is 10.6. The van der Waals surface area contributed by atoms with E-state index in [-0.39, 0.29) is 6.42 Å². The Hall–Kier alpha value is -1.82. The molecule has 2 rings (SSSR count). The average molecular weight is 305 g/mol. The van der Waals surface area contributed by atoms with E-state index in [2.05, 4.69) is 28.7 Å². The van der Waals surface area contributed by atoms with Crippen molar-refractivity contribution in [2.75, 3.05) is 18.0 Å². The number of aromatic nitrogens is 2. The SMILES string of the molecule is CCN(CC)c1ncc(Sc2coc(C)c2)nc1CC=O. The van der Waals surface area contributed by atoms with Gasteiger partial charge in [-0.1, -0.05) is 11.8 Å². The van der Waals surface area contributed by atoms with Crippen LogP contribution in [-0.4, -0.2) is 29.3 Å². The van der Waals surface area contributed by atoms with Crippen LogP contribution in [0.1, 0.15) is 25.3 Å². The lowest BCUT2D eigenvalue weighted by Crippen LogP contribution is -2.25. The molecule has 0 N–H and O–H groups in total. The van der Waals surface area contributed by atoms with Gasteiger partial charge in [0.2, 0.25) is 0 Å². The Kier molecular flexibility index (Phi) is 5.38. The van der Waals surface area contributed by atoms with Crippen LogP contribution in [0, 0.1) is 6.92 Å². The van der Waals surface area contributed by atoms with Gasteiger partial charge in [0.1, 0.15) is 23.3 Å². The summed E-state index contributed by atoms with van der Waals surface area (Å²) in [6, 6.07) is 1.95. The van der Waals surface area contributed by atoms with E-state index in [4.69, 9.17) is 4.42 Å². The van der Waals surface area contributed by atoms with Crippen LogP contribution in [0.15, 0.2) is 32.9 Å². The van der Waals surface area contributed by atoms with Crippen LogP contribution in [0.4, 0.5) is 5.82 Å². The highest BCUT2D eigenvalue weighted by Gasteiger charge is 2.13. The molecular weight excluding hydrogens is 286 g/mol. The van der Waals surface area contributed by atoms with Crippen LogP contribution in [0.3, 0.4) is 0 Å². The van der Waals surface area contributed by atoms with Crippen molar-refractivity contribution >= 4 is 23.9 Å². The highest BCUT2D eigenvalue weighted by Crippen LogP contribution is 2.29. The first kappa shape index (κ1) is 15.6. The number of anilines is 1. The Bertz CT molecular complexity index is 609. The van der Waals surface area contributed by atoms with Gasteiger partial charge in [-0.2, -0.15) is 0 Å². The van der Waals surface area contributed by atoms with Crippen LogP contribution < -0.4 is 4.90 Å². The van der Waals surface area contributed by atoms with Crippen molar-refractivity contribution in [2.24, 2.45) is 0 Å². The van der Waals surface area contributed by atoms with Crippen LogP contribution in [0.5, 0.6) is 0 Å². The second-order valence-corrected chi connectivity index (χ2v) is 5.61. The average Bonchev–Trinajstić information content (AvgIpc) is 2.88. The first-order valence-corrected chi connectivity index (χ1v) is 7.77. The maximum absolute atomic E-state index is 10.9. The molecule has 0 aliphatic heterocycles. The predicted octanol–water partition coefficient (Wildman–Crippen LogP) is 3.12. The van der Waals surface area contributed by atoms with Gasteiger partial charge in [-0.05, 0) is 26.8 Å². The highest BCUT2D eigenvalue weighted by molar-refractivity contribution is 7.99. The largest absolute Gasteiger partial charge is 0.468 e. The third kappa shape index (κ3) is 3.85. The fourth-order valence-electron chi connectivity index (χ4n) is 2.05. The molecule has 112 valence electrons. The summed E-state index contributed by atoms with van der Waals surface area (Å²) >= 11 is 1.48. The number of nitrogens with zero attached hydrogens (tertiary/aromatic N) is 3. The highest BCUT2D eigenvalue weighted by atomic mass is 32.2. The number of hydrogen-bond donors (Lipinski definition) is 0. The van der Waals surface area contributed by atoms with Gasteiger partial charge in [0.05, 0.1) is 16.8 Å². The number of aryl methyl sites for hydroxylation is 1. The van der Waals surface area contributed by atoms with E-state index in [0.717, 1.165) is 46.6 Å². The third-order valence-corrected chi connectivity index (χ3v) is 3.92. The number of carbonyl (C=O) groups is 1. The van der Waals surface area contributed by atoms with Crippen LogP contribution in [0.25, 0.3) is 0 Å². The summed E-state index contributed by atoms with van der Waals surface area (Å²) in [5.41, 5.74) is 0.721. The maximum atomic E-state index is 10.9. The third-order valence-electron chi connectivity index (χ3n) is 3.07. The molecule has 0 saturated heterocycles. The van der Waals surface area contributed by atoms with E-state index in [1.165, 1.54) is 11.8 Å². The van der Waals surface area contributed by atoms with Gasteiger partial charge >= 0.3 is 0 Å². The molecule has 21 heavy (non-hydrogen) atoms. The number of hydrogen-bond acceptors (Lipinski definition) is 6. The molecule has 0 spiro atoms. The first-order chi connectivity index (χ1) is 10.2. The summed E-state index contributed by atoms with van der Waals surface area (Å²) in [6.45, 7) is 7.70. The Balaban J connectivity index is 2.28. The molecule has 0 atom stereocenters. The van der Waals surface area contributed by atoms with Gasteiger partial charge in [0.15, 0.2) is 5.82 Å². The molecule has 0 bridgehead atoms. The lowest BCUT2D eigenvalue weighted by molar-refractivity contribution is -0.107. The van der Waals surface area contributed by atoms with Gasteiger partial charge < -0.3 is 14.1 Å². The number of carbonyl (C=O) groups excluding carboxylic acids is 1. The summed E-state index contributed by atoms with van der Waals surface area (Å²) in [5, 5.41) is 0.767. The second-order valence-electron chi connectivity index (χ2n) is 4.52. The Morgan fingerprint density at radius 3 is 2.71 bits per heavy atom. The molecule has 2 aromatic rings. The molecule has 0 fully saturated rings. The van der Waals surface area contributed by atoms with Crippen molar-refractivity contribution < 1.29 is 9.21 Å². The predicted molar refractivity (Wildman–Crippen MR) is 82.9 cm³/mol. The molecule has 2 aromatic heterocycles. The molecule has 0 unspecified atom stereocenters. The van der Waals surface area contributed by atoms with E-state index >= 15 is 0 Å². The van der Waals surface area contributed by atoms with Gasteiger partial charge in [-0.25, -0.2) is 9.97 Å². The van der Waals surface area contributed by atoms with Gasteiger partial charge in [0, 0.05) is 19.5 Å². The molecule has 0 radical (unpaired) electrons. The summed E-state index contributed by atoms with van der Waals surface area (Å²) in [4.78, 5) is 23.0. The zero-order chi connectivity index (χ0) is 15.2. The van der Waals surface area contributed by atoms with E-state index in [1.54, 1.807) is 12.5 Å². The van der Waals surface area contributed by atoms with Gasteiger partial charge in [-0.3, -0.25) is 0 Å². The lowest BCUT2D eigenvalue weighted by atomic mass is 10.3. The molecule has 0 aliphatic rings. The second kappa shape index (κ2) is 7.26. The fraction of sp³-hybridized carbons (Fsp3) is 0.400. The Morgan fingerprint density at radius 1 is 1.38 bits per heavy atom. The summed E-state index contributed by atoms with van der Waals surface area (Å²) < 4.78 is 5.28. The lowest BCUT2D eigenvalue weighted by Gasteiger charge is -2.21. The minimum absolute atomic E-state index is 0.275. The van der Waals surface area contributed by atoms with E-state index in [1.807, 2.05) is 13.0 Å². The molecule has 0 amide bonds. The smallest absolute Gasteiger partial charge is 0.150 e. The molecule has 5 nitrogen and oxygen atoms in total. The van der Waals surface area contributed by atoms with Crippen LogP contribution in [-0.2, 0) is 11.2 Å². The van der Waals surface area contributed by atoms with E-state index in [9.17, 15) is 4.79 Å². The zero-order valence-electron chi connectivity index (χ0n) is 12.5. The summed E-state index contributed by atoms with van der Waals surface area (Å²) in [6.07, 6.45) is 4.58. The fourth-order valence-corrected chi connectivity index (χ4v) is 2.87. The Labute approximate surface area is 128 Å². The van der Waals surface area contributed by atoms with Crippen molar-refractivity contribution in [3.63, 3.8) is 0 Å².